The number of pyridine rings is 1. The van der Waals surface area contributed by atoms with Gasteiger partial charge in [-0.2, -0.15) is 0 Å². The SMILES string of the molecule is CN(c1cccc(Br)n1)S(C)(=O)=O. The van der Waals surface area contributed by atoms with Crippen LogP contribution in [0.2, 0.25) is 0 Å². The van der Waals surface area contributed by atoms with E-state index in [1.165, 1.54) is 7.05 Å². The minimum Gasteiger partial charge on any atom is -0.257 e. The molecule has 0 radical (unpaired) electrons. The number of anilines is 1. The Balaban J connectivity index is 3.10. The summed E-state index contributed by atoms with van der Waals surface area (Å²) in [7, 11) is -1.76. The lowest BCUT2D eigenvalue weighted by molar-refractivity contribution is 0.600. The molecule has 0 saturated carbocycles. The van der Waals surface area contributed by atoms with Gasteiger partial charge < -0.3 is 0 Å². The monoisotopic (exact) mass is 264 g/mol. The van der Waals surface area contributed by atoms with Gasteiger partial charge in [0.1, 0.15) is 10.4 Å². The molecule has 0 spiro atoms. The van der Waals surface area contributed by atoms with Gasteiger partial charge in [0.05, 0.1) is 6.26 Å². The van der Waals surface area contributed by atoms with Crippen LogP contribution in [0.3, 0.4) is 0 Å². The first kappa shape index (κ1) is 10.5. The molecule has 0 saturated heterocycles. The number of aromatic nitrogens is 1. The molecule has 1 aromatic heterocycles. The highest BCUT2D eigenvalue weighted by Crippen LogP contribution is 2.15. The molecule has 0 unspecified atom stereocenters. The van der Waals surface area contributed by atoms with Crippen molar-refractivity contribution in [1.29, 1.82) is 0 Å². The second-order valence-corrected chi connectivity index (χ2v) is 5.38. The maximum atomic E-state index is 11.1. The summed E-state index contributed by atoms with van der Waals surface area (Å²) >= 11 is 3.16. The smallest absolute Gasteiger partial charge is 0.233 e. The molecule has 0 amide bonds. The summed E-state index contributed by atoms with van der Waals surface area (Å²) in [5, 5.41) is 0. The summed E-state index contributed by atoms with van der Waals surface area (Å²) in [5.41, 5.74) is 0. The van der Waals surface area contributed by atoms with Crippen molar-refractivity contribution < 1.29 is 8.42 Å². The number of hydrogen-bond acceptors (Lipinski definition) is 3. The molecular weight excluding hydrogens is 256 g/mol. The van der Waals surface area contributed by atoms with Crippen molar-refractivity contribution in [3.05, 3.63) is 22.8 Å². The van der Waals surface area contributed by atoms with Gasteiger partial charge in [0.15, 0.2) is 0 Å². The van der Waals surface area contributed by atoms with E-state index in [4.69, 9.17) is 0 Å². The van der Waals surface area contributed by atoms with Crippen LogP contribution in [-0.4, -0.2) is 26.7 Å². The van der Waals surface area contributed by atoms with Crippen molar-refractivity contribution in [3.8, 4) is 0 Å². The van der Waals surface area contributed by atoms with Crippen molar-refractivity contribution in [2.24, 2.45) is 0 Å². The van der Waals surface area contributed by atoms with Crippen molar-refractivity contribution >= 4 is 31.8 Å². The lowest BCUT2D eigenvalue weighted by Gasteiger charge is -2.14. The van der Waals surface area contributed by atoms with Crippen molar-refractivity contribution in [1.82, 2.24) is 4.98 Å². The first-order chi connectivity index (χ1) is 5.91. The van der Waals surface area contributed by atoms with Crippen LogP contribution in [0.4, 0.5) is 5.82 Å². The Morgan fingerprint density at radius 1 is 1.46 bits per heavy atom. The molecule has 1 rings (SSSR count). The molecule has 72 valence electrons. The van der Waals surface area contributed by atoms with Crippen LogP contribution in [0.5, 0.6) is 0 Å². The quantitative estimate of drug-likeness (QED) is 0.756. The predicted octanol–water partition coefficient (Wildman–Crippen LogP) is 1.24. The van der Waals surface area contributed by atoms with E-state index in [9.17, 15) is 8.42 Å². The van der Waals surface area contributed by atoms with Gasteiger partial charge >= 0.3 is 0 Å². The number of hydrogen-bond donors (Lipinski definition) is 0. The highest BCUT2D eigenvalue weighted by Gasteiger charge is 2.12. The summed E-state index contributed by atoms with van der Waals surface area (Å²) < 4.78 is 24.0. The summed E-state index contributed by atoms with van der Waals surface area (Å²) in [5.74, 6) is 0.400. The first-order valence-corrected chi connectivity index (χ1v) is 6.12. The highest BCUT2D eigenvalue weighted by molar-refractivity contribution is 9.10. The molecule has 1 aromatic rings. The van der Waals surface area contributed by atoms with Crippen LogP contribution in [0, 0.1) is 0 Å². The van der Waals surface area contributed by atoms with Crippen LogP contribution >= 0.6 is 15.9 Å². The Kier molecular flexibility index (Phi) is 2.92. The molecule has 0 fully saturated rings. The van der Waals surface area contributed by atoms with E-state index < -0.39 is 10.0 Å². The number of halogens is 1. The van der Waals surface area contributed by atoms with E-state index in [1.54, 1.807) is 18.2 Å². The average Bonchev–Trinajstić information content (AvgIpc) is 2.01. The summed E-state index contributed by atoms with van der Waals surface area (Å²) in [4.78, 5) is 4.00. The fourth-order valence-electron chi connectivity index (χ4n) is 0.743. The molecule has 0 aliphatic rings. The molecule has 0 atom stereocenters. The van der Waals surface area contributed by atoms with Crippen LogP contribution < -0.4 is 4.31 Å². The number of sulfonamides is 1. The Bertz CT molecular complexity index is 405. The fraction of sp³-hybridized carbons (Fsp3) is 0.286. The summed E-state index contributed by atoms with van der Waals surface area (Å²) in [6.07, 6.45) is 1.13. The average molecular weight is 265 g/mol. The molecular formula is C7H9BrN2O2S. The zero-order valence-electron chi connectivity index (χ0n) is 7.23. The molecule has 13 heavy (non-hydrogen) atoms. The third-order valence-corrected chi connectivity index (χ3v) is 3.14. The standard InChI is InChI=1S/C7H9BrN2O2S/c1-10(13(2,11)12)7-5-3-4-6(8)9-7/h3-5H,1-2H3. The molecule has 0 aliphatic carbocycles. The van der Waals surface area contributed by atoms with Gasteiger partial charge in [-0.3, -0.25) is 4.31 Å². The summed E-state index contributed by atoms with van der Waals surface area (Å²) in [6, 6.07) is 5.10. The fourth-order valence-corrected chi connectivity index (χ4v) is 1.52. The van der Waals surface area contributed by atoms with E-state index in [0.29, 0.717) is 10.4 Å². The minimum atomic E-state index is -3.22. The zero-order valence-corrected chi connectivity index (χ0v) is 9.63. The van der Waals surface area contributed by atoms with Crippen molar-refractivity contribution in [3.63, 3.8) is 0 Å². The summed E-state index contributed by atoms with van der Waals surface area (Å²) in [6.45, 7) is 0. The normalized spacial score (nSPS) is 11.3. The maximum absolute atomic E-state index is 11.1. The Morgan fingerprint density at radius 2 is 2.08 bits per heavy atom. The lowest BCUT2D eigenvalue weighted by atomic mass is 10.5. The van der Waals surface area contributed by atoms with Gasteiger partial charge in [-0.25, -0.2) is 13.4 Å². The Morgan fingerprint density at radius 3 is 2.54 bits per heavy atom. The van der Waals surface area contributed by atoms with E-state index in [1.807, 2.05) is 0 Å². The topological polar surface area (TPSA) is 50.3 Å². The van der Waals surface area contributed by atoms with Gasteiger partial charge in [0.25, 0.3) is 0 Å². The zero-order chi connectivity index (χ0) is 10.1. The molecule has 0 aliphatic heterocycles. The Hall–Kier alpha value is -0.620. The molecule has 0 bridgehead atoms. The van der Waals surface area contributed by atoms with Gasteiger partial charge in [-0.05, 0) is 28.1 Å². The van der Waals surface area contributed by atoms with Gasteiger partial charge in [-0.1, -0.05) is 6.07 Å². The van der Waals surface area contributed by atoms with Crippen LogP contribution in [-0.2, 0) is 10.0 Å². The molecule has 6 heteroatoms. The Labute approximate surface area is 85.8 Å². The van der Waals surface area contributed by atoms with Gasteiger partial charge in [0, 0.05) is 7.05 Å². The molecule has 1 heterocycles. The highest BCUT2D eigenvalue weighted by atomic mass is 79.9. The van der Waals surface area contributed by atoms with Crippen molar-refractivity contribution in [2.45, 2.75) is 0 Å². The number of nitrogens with zero attached hydrogens (tertiary/aromatic N) is 2. The molecule has 0 N–H and O–H groups in total. The van der Waals surface area contributed by atoms with E-state index in [0.717, 1.165) is 10.6 Å². The van der Waals surface area contributed by atoms with Gasteiger partial charge in [-0.15, -0.1) is 0 Å². The van der Waals surface area contributed by atoms with Crippen molar-refractivity contribution in [2.75, 3.05) is 17.6 Å². The molecule has 0 aromatic carbocycles. The first-order valence-electron chi connectivity index (χ1n) is 3.48. The third kappa shape index (κ3) is 2.67. The van der Waals surface area contributed by atoms with Crippen LogP contribution in [0.1, 0.15) is 0 Å². The minimum absolute atomic E-state index is 0.400. The predicted molar refractivity (Wildman–Crippen MR) is 55.2 cm³/mol. The van der Waals surface area contributed by atoms with E-state index >= 15 is 0 Å². The number of rotatable bonds is 2. The van der Waals surface area contributed by atoms with Crippen LogP contribution in [0.25, 0.3) is 0 Å². The maximum Gasteiger partial charge on any atom is 0.233 e. The van der Waals surface area contributed by atoms with E-state index in [-0.39, 0.29) is 0 Å². The lowest BCUT2D eigenvalue weighted by Crippen LogP contribution is -2.25. The second kappa shape index (κ2) is 3.63. The van der Waals surface area contributed by atoms with Crippen LogP contribution in [0.15, 0.2) is 22.8 Å². The second-order valence-electron chi connectivity index (χ2n) is 2.55. The third-order valence-electron chi connectivity index (χ3n) is 1.52. The molecule has 4 nitrogen and oxygen atoms in total. The largest absolute Gasteiger partial charge is 0.257 e. The van der Waals surface area contributed by atoms with E-state index in [2.05, 4.69) is 20.9 Å². The van der Waals surface area contributed by atoms with Gasteiger partial charge in [0.2, 0.25) is 10.0 Å².